The predicted molar refractivity (Wildman–Crippen MR) is 80.2 cm³/mol. The second-order valence-electron chi connectivity index (χ2n) is 5.34. The van der Waals surface area contributed by atoms with Crippen LogP contribution in [0.5, 0.6) is 6.01 Å². The zero-order valence-corrected chi connectivity index (χ0v) is 12.6. The van der Waals surface area contributed by atoms with Gasteiger partial charge in [-0.05, 0) is 32.1 Å². The SMILES string of the molecule is CCCOc1nc(NC)nc(NC(C)C2CCCC2)n1. The van der Waals surface area contributed by atoms with Crippen molar-refractivity contribution in [2.45, 2.75) is 52.0 Å². The number of anilines is 2. The van der Waals surface area contributed by atoms with Gasteiger partial charge < -0.3 is 15.4 Å². The summed E-state index contributed by atoms with van der Waals surface area (Å²) >= 11 is 0. The first-order valence-corrected chi connectivity index (χ1v) is 7.56. The van der Waals surface area contributed by atoms with Crippen molar-refractivity contribution in [1.29, 1.82) is 0 Å². The second-order valence-corrected chi connectivity index (χ2v) is 5.34. The molecule has 0 aliphatic heterocycles. The molecule has 0 spiro atoms. The van der Waals surface area contributed by atoms with Gasteiger partial charge in [0.15, 0.2) is 0 Å². The molecule has 0 saturated heterocycles. The third kappa shape index (κ3) is 3.95. The molecule has 6 nitrogen and oxygen atoms in total. The topological polar surface area (TPSA) is 72.0 Å². The van der Waals surface area contributed by atoms with Gasteiger partial charge in [-0.15, -0.1) is 0 Å². The molecule has 1 aromatic heterocycles. The third-order valence-electron chi connectivity index (χ3n) is 3.74. The molecule has 0 radical (unpaired) electrons. The van der Waals surface area contributed by atoms with Crippen LogP contribution in [0.2, 0.25) is 0 Å². The molecule has 0 bridgehead atoms. The summed E-state index contributed by atoms with van der Waals surface area (Å²) in [6, 6.07) is 0.760. The van der Waals surface area contributed by atoms with Gasteiger partial charge >= 0.3 is 6.01 Å². The highest BCUT2D eigenvalue weighted by molar-refractivity contribution is 5.36. The van der Waals surface area contributed by atoms with Crippen molar-refractivity contribution < 1.29 is 4.74 Å². The van der Waals surface area contributed by atoms with E-state index in [4.69, 9.17) is 4.74 Å². The average molecular weight is 279 g/mol. The number of hydrogen-bond donors (Lipinski definition) is 2. The first kappa shape index (κ1) is 14.8. The summed E-state index contributed by atoms with van der Waals surface area (Å²) in [4.78, 5) is 12.9. The molecule has 1 saturated carbocycles. The predicted octanol–water partition coefficient (Wildman–Crippen LogP) is 2.69. The zero-order chi connectivity index (χ0) is 14.4. The van der Waals surface area contributed by atoms with Crippen LogP contribution in [0.15, 0.2) is 0 Å². The summed E-state index contributed by atoms with van der Waals surface area (Å²) in [6.07, 6.45) is 6.18. The van der Waals surface area contributed by atoms with Crippen molar-refractivity contribution in [3.63, 3.8) is 0 Å². The van der Waals surface area contributed by atoms with Gasteiger partial charge in [0, 0.05) is 13.1 Å². The van der Waals surface area contributed by atoms with Crippen molar-refractivity contribution in [1.82, 2.24) is 15.0 Å². The number of hydrogen-bond acceptors (Lipinski definition) is 6. The molecule has 1 fully saturated rings. The Hall–Kier alpha value is -1.59. The fourth-order valence-corrected chi connectivity index (χ4v) is 2.57. The van der Waals surface area contributed by atoms with Crippen LogP contribution in [-0.4, -0.2) is 34.6 Å². The van der Waals surface area contributed by atoms with Crippen LogP contribution in [0.1, 0.15) is 46.0 Å². The Morgan fingerprint density at radius 1 is 1.20 bits per heavy atom. The lowest BCUT2D eigenvalue weighted by Gasteiger charge is -2.20. The Labute approximate surface area is 120 Å². The maximum Gasteiger partial charge on any atom is 0.323 e. The summed E-state index contributed by atoms with van der Waals surface area (Å²) in [5.41, 5.74) is 0. The molecule has 6 heteroatoms. The summed E-state index contributed by atoms with van der Waals surface area (Å²) in [7, 11) is 1.79. The maximum absolute atomic E-state index is 5.50. The maximum atomic E-state index is 5.50. The largest absolute Gasteiger partial charge is 0.463 e. The summed E-state index contributed by atoms with van der Waals surface area (Å²) in [6.45, 7) is 4.87. The van der Waals surface area contributed by atoms with Crippen LogP contribution >= 0.6 is 0 Å². The van der Waals surface area contributed by atoms with Gasteiger partial charge in [0.1, 0.15) is 0 Å². The van der Waals surface area contributed by atoms with E-state index >= 15 is 0 Å². The van der Waals surface area contributed by atoms with E-state index in [0.717, 1.165) is 6.42 Å². The minimum absolute atomic E-state index is 0.378. The molecule has 1 unspecified atom stereocenters. The van der Waals surface area contributed by atoms with E-state index < -0.39 is 0 Å². The van der Waals surface area contributed by atoms with Crippen molar-refractivity contribution >= 4 is 11.9 Å². The highest BCUT2D eigenvalue weighted by Gasteiger charge is 2.22. The van der Waals surface area contributed by atoms with Crippen molar-refractivity contribution in [3.8, 4) is 6.01 Å². The first-order valence-electron chi connectivity index (χ1n) is 7.56. The van der Waals surface area contributed by atoms with Crippen LogP contribution in [0, 0.1) is 5.92 Å². The minimum atomic E-state index is 0.378. The Bertz CT molecular complexity index is 420. The summed E-state index contributed by atoms with van der Waals surface area (Å²) in [5, 5.41) is 6.34. The molecule has 0 aromatic carbocycles. The van der Waals surface area contributed by atoms with Gasteiger partial charge in [-0.2, -0.15) is 15.0 Å². The monoisotopic (exact) mass is 279 g/mol. The number of rotatable bonds is 7. The van der Waals surface area contributed by atoms with E-state index in [9.17, 15) is 0 Å². The molecule has 1 atom stereocenters. The van der Waals surface area contributed by atoms with Gasteiger partial charge in [0.2, 0.25) is 11.9 Å². The van der Waals surface area contributed by atoms with Crippen LogP contribution in [0.25, 0.3) is 0 Å². The zero-order valence-electron chi connectivity index (χ0n) is 12.6. The van der Waals surface area contributed by atoms with Gasteiger partial charge in [0.25, 0.3) is 0 Å². The molecule has 1 aromatic rings. The quantitative estimate of drug-likeness (QED) is 0.799. The first-order chi connectivity index (χ1) is 9.72. The summed E-state index contributed by atoms with van der Waals surface area (Å²) < 4.78 is 5.50. The molecular formula is C14H25N5O. The molecule has 20 heavy (non-hydrogen) atoms. The van der Waals surface area contributed by atoms with E-state index in [-0.39, 0.29) is 0 Å². The molecule has 1 heterocycles. The van der Waals surface area contributed by atoms with Crippen molar-refractivity contribution in [3.05, 3.63) is 0 Å². The van der Waals surface area contributed by atoms with Crippen LogP contribution in [-0.2, 0) is 0 Å². The molecule has 0 amide bonds. The van der Waals surface area contributed by atoms with Gasteiger partial charge in [-0.3, -0.25) is 0 Å². The Morgan fingerprint density at radius 2 is 1.90 bits per heavy atom. The number of nitrogens with zero attached hydrogens (tertiary/aromatic N) is 3. The Morgan fingerprint density at radius 3 is 2.55 bits per heavy atom. The molecule has 2 rings (SSSR count). The lowest BCUT2D eigenvalue weighted by molar-refractivity contribution is 0.292. The standard InChI is InChI=1S/C14H25N5O/c1-4-9-20-14-18-12(15-3)17-13(19-14)16-10(2)11-7-5-6-8-11/h10-11H,4-9H2,1-3H3,(H2,15,16,17,18,19). The van der Waals surface area contributed by atoms with E-state index in [1.807, 2.05) is 0 Å². The molecule has 2 N–H and O–H groups in total. The van der Waals surface area contributed by atoms with E-state index in [1.54, 1.807) is 7.05 Å². The molecule has 1 aliphatic carbocycles. The fraction of sp³-hybridized carbons (Fsp3) is 0.786. The lowest BCUT2D eigenvalue weighted by Crippen LogP contribution is -2.25. The average Bonchev–Trinajstić information content (AvgIpc) is 2.99. The molecule has 1 aliphatic rings. The smallest absolute Gasteiger partial charge is 0.323 e. The summed E-state index contributed by atoms with van der Waals surface area (Å²) in [5.74, 6) is 1.84. The van der Waals surface area contributed by atoms with E-state index in [2.05, 4.69) is 39.4 Å². The van der Waals surface area contributed by atoms with Crippen LogP contribution in [0.3, 0.4) is 0 Å². The van der Waals surface area contributed by atoms with Crippen molar-refractivity contribution in [2.75, 3.05) is 24.3 Å². The normalized spacial score (nSPS) is 16.9. The third-order valence-corrected chi connectivity index (χ3v) is 3.74. The lowest BCUT2D eigenvalue weighted by atomic mass is 10.0. The second kappa shape index (κ2) is 7.26. The molecule has 112 valence electrons. The van der Waals surface area contributed by atoms with Gasteiger partial charge in [-0.25, -0.2) is 0 Å². The number of ether oxygens (including phenoxy) is 1. The van der Waals surface area contributed by atoms with Gasteiger partial charge in [0.05, 0.1) is 6.61 Å². The van der Waals surface area contributed by atoms with E-state index in [0.29, 0.717) is 36.5 Å². The molecular weight excluding hydrogens is 254 g/mol. The number of aromatic nitrogens is 3. The number of nitrogens with one attached hydrogen (secondary N) is 2. The minimum Gasteiger partial charge on any atom is -0.463 e. The Balaban J connectivity index is 2.04. The highest BCUT2D eigenvalue weighted by Crippen LogP contribution is 2.28. The van der Waals surface area contributed by atoms with Crippen molar-refractivity contribution in [2.24, 2.45) is 5.92 Å². The van der Waals surface area contributed by atoms with Crippen LogP contribution in [0.4, 0.5) is 11.9 Å². The van der Waals surface area contributed by atoms with Gasteiger partial charge in [-0.1, -0.05) is 19.8 Å². The van der Waals surface area contributed by atoms with E-state index in [1.165, 1.54) is 25.7 Å². The Kier molecular flexibility index (Phi) is 5.38. The fourth-order valence-electron chi connectivity index (χ4n) is 2.57. The van der Waals surface area contributed by atoms with Crippen LogP contribution < -0.4 is 15.4 Å². The highest BCUT2D eigenvalue weighted by atomic mass is 16.5.